The van der Waals surface area contributed by atoms with Gasteiger partial charge in [0.25, 0.3) is 0 Å². The summed E-state index contributed by atoms with van der Waals surface area (Å²) < 4.78 is 23.3. The van der Waals surface area contributed by atoms with E-state index in [9.17, 15) is 0 Å². The first kappa shape index (κ1) is 23.2. The molecule has 0 saturated heterocycles. The van der Waals surface area contributed by atoms with Crippen LogP contribution in [0.5, 0.6) is 17.2 Å². The summed E-state index contributed by atoms with van der Waals surface area (Å²) in [6.07, 6.45) is 7.17. The molecule has 0 radical (unpaired) electrons. The first-order valence-electron chi connectivity index (χ1n) is 11.9. The minimum absolute atomic E-state index is 0.524. The zero-order valence-electron chi connectivity index (χ0n) is 20.7. The Morgan fingerprint density at radius 1 is 0.914 bits per heavy atom. The molecular weight excluding hydrogens is 438 g/mol. The third-order valence-corrected chi connectivity index (χ3v) is 6.84. The van der Waals surface area contributed by atoms with Gasteiger partial charge >= 0.3 is 0 Å². The number of rotatable bonds is 7. The summed E-state index contributed by atoms with van der Waals surface area (Å²) in [5.41, 5.74) is 7.29. The zero-order chi connectivity index (χ0) is 24.4. The van der Waals surface area contributed by atoms with E-state index in [0.717, 1.165) is 52.1 Å². The van der Waals surface area contributed by atoms with Crippen molar-refractivity contribution in [2.45, 2.75) is 25.7 Å². The van der Waals surface area contributed by atoms with Gasteiger partial charge < -0.3 is 18.9 Å². The number of hydrogen-bond acceptors (Lipinski definition) is 5. The number of allylic oxidation sites excluding steroid dienone is 2. The molecule has 1 aliphatic carbocycles. The predicted octanol–water partition coefficient (Wildman–Crippen LogP) is 6.23. The minimum atomic E-state index is -0.532. The van der Waals surface area contributed by atoms with Gasteiger partial charge in [-0.25, -0.2) is 0 Å². The second-order valence-corrected chi connectivity index (χ2v) is 8.68. The van der Waals surface area contributed by atoms with Crippen molar-refractivity contribution in [3.8, 4) is 39.5 Å². The number of ether oxygens (including phenoxy) is 4. The lowest BCUT2D eigenvalue weighted by molar-refractivity contribution is 0.0151. The van der Waals surface area contributed by atoms with Crippen LogP contribution in [0, 0.1) is 0 Å². The Hall–Kier alpha value is -3.54. The van der Waals surface area contributed by atoms with Crippen LogP contribution in [0.4, 0.5) is 0 Å². The van der Waals surface area contributed by atoms with Crippen molar-refractivity contribution < 1.29 is 18.9 Å². The molecule has 5 nitrogen and oxygen atoms in total. The molecule has 1 aliphatic heterocycles. The average molecular weight is 470 g/mol. The molecule has 2 aliphatic rings. The molecule has 5 rings (SSSR count). The molecule has 180 valence electrons. The van der Waals surface area contributed by atoms with E-state index in [-0.39, 0.29) is 0 Å². The van der Waals surface area contributed by atoms with Gasteiger partial charge in [0, 0.05) is 24.7 Å². The Labute approximate surface area is 207 Å². The predicted molar refractivity (Wildman–Crippen MR) is 140 cm³/mol. The largest absolute Gasteiger partial charge is 0.493 e. The van der Waals surface area contributed by atoms with Gasteiger partial charge in [-0.15, -0.1) is 0 Å². The van der Waals surface area contributed by atoms with Gasteiger partial charge in [-0.3, -0.25) is 5.32 Å². The molecule has 0 bridgehead atoms. The van der Waals surface area contributed by atoms with Crippen LogP contribution in [-0.2, 0) is 11.3 Å². The number of nitrogens with one attached hydrogen (secondary N) is 1. The van der Waals surface area contributed by atoms with Crippen molar-refractivity contribution in [2.75, 3.05) is 27.9 Å². The average Bonchev–Trinajstić information content (AvgIpc) is 2.92. The molecule has 1 N–H and O–H groups in total. The molecule has 1 unspecified atom stereocenters. The molecule has 0 aromatic heterocycles. The number of fused-ring (bicyclic) bond motifs is 3. The standard InChI is InChI=1S/C30H31NO4/c1-5-31-30(34-4)16-7-6-10-25(30)21-12-14-24-22(17-21)19-35-27-11-8-9-23(29(24)27)20-13-15-26(32-2)28(18-20)33-3/h6-15,17-18,31H,5,16,19H2,1-4H3. The van der Waals surface area contributed by atoms with E-state index >= 15 is 0 Å². The SMILES string of the molecule is CCNC1(OC)CC=CC=C1c1ccc2c(c1)COc1cccc(-c3ccc(OC)c(OC)c3)c1-2. The van der Waals surface area contributed by atoms with E-state index in [1.165, 1.54) is 5.56 Å². The van der Waals surface area contributed by atoms with Crippen molar-refractivity contribution in [2.24, 2.45) is 0 Å². The molecule has 0 saturated carbocycles. The molecular formula is C30H31NO4. The highest BCUT2D eigenvalue weighted by molar-refractivity contribution is 5.91. The normalized spacial score (nSPS) is 18.2. The fraction of sp³-hybridized carbons (Fsp3) is 0.267. The molecule has 0 fully saturated rings. The fourth-order valence-electron chi connectivity index (χ4n) is 5.14. The van der Waals surface area contributed by atoms with Gasteiger partial charge in [-0.1, -0.05) is 55.5 Å². The van der Waals surface area contributed by atoms with Gasteiger partial charge in [0.15, 0.2) is 11.5 Å². The Morgan fingerprint density at radius 2 is 1.74 bits per heavy atom. The highest BCUT2D eigenvalue weighted by Gasteiger charge is 2.35. The first-order valence-corrected chi connectivity index (χ1v) is 11.9. The summed E-state index contributed by atoms with van der Waals surface area (Å²) in [5.74, 6) is 2.29. The minimum Gasteiger partial charge on any atom is -0.493 e. The number of benzene rings is 3. The van der Waals surface area contributed by atoms with Crippen molar-refractivity contribution >= 4 is 5.57 Å². The van der Waals surface area contributed by atoms with Crippen molar-refractivity contribution in [1.29, 1.82) is 0 Å². The molecule has 0 amide bonds. The highest BCUT2D eigenvalue weighted by atomic mass is 16.5. The number of likely N-dealkylation sites (N-methyl/N-ethyl adjacent to an activating group) is 1. The van der Waals surface area contributed by atoms with Crippen LogP contribution in [0.3, 0.4) is 0 Å². The summed E-state index contributed by atoms with van der Waals surface area (Å²) in [4.78, 5) is 0. The molecule has 3 aromatic carbocycles. The molecule has 0 spiro atoms. The molecule has 1 atom stereocenters. The maximum absolute atomic E-state index is 6.25. The van der Waals surface area contributed by atoms with Crippen LogP contribution in [-0.4, -0.2) is 33.6 Å². The van der Waals surface area contributed by atoms with E-state index in [1.807, 2.05) is 24.3 Å². The number of methoxy groups -OCH3 is 3. The third-order valence-electron chi connectivity index (χ3n) is 6.84. The van der Waals surface area contributed by atoms with E-state index in [2.05, 4.69) is 60.8 Å². The van der Waals surface area contributed by atoms with Crippen molar-refractivity contribution in [3.05, 3.63) is 84.0 Å². The van der Waals surface area contributed by atoms with Crippen LogP contribution < -0.4 is 19.5 Å². The van der Waals surface area contributed by atoms with Crippen LogP contribution in [0.2, 0.25) is 0 Å². The number of hydrogen-bond donors (Lipinski definition) is 1. The van der Waals surface area contributed by atoms with Gasteiger partial charge in [-0.2, -0.15) is 0 Å². The summed E-state index contributed by atoms with van der Waals surface area (Å²) in [7, 11) is 5.07. The maximum Gasteiger partial charge on any atom is 0.161 e. The Kier molecular flexibility index (Phi) is 6.37. The second-order valence-electron chi connectivity index (χ2n) is 8.68. The maximum atomic E-state index is 6.25. The molecule has 5 heteroatoms. The van der Waals surface area contributed by atoms with Crippen LogP contribution in [0.25, 0.3) is 27.8 Å². The Morgan fingerprint density at radius 3 is 2.51 bits per heavy atom. The van der Waals surface area contributed by atoms with Gasteiger partial charge in [0.05, 0.1) is 14.2 Å². The highest BCUT2D eigenvalue weighted by Crippen LogP contribution is 2.46. The summed E-state index contributed by atoms with van der Waals surface area (Å²) in [6, 6.07) is 18.8. The van der Waals surface area contributed by atoms with Gasteiger partial charge in [-0.05, 0) is 58.6 Å². The molecule has 3 aromatic rings. The summed E-state index contributed by atoms with van der Waals surface area (Å²) in [6.45, 7) is 3.44. The van der Waals surface area contributed by atoms with Crippen LogP contribution in [0.15, 0.2) is 72.8 Å². The van der Waals surface area contributed by atoms with E-state index in [0.29, 0.717) is 18.1 Å². The Bertz CT molecular complexity index is 1310. The Balaban J connectivity index is 1.61. The van der Waals surface area contributed by atoms with E-state index in [1.54, 1.807) is 21.3 Å². The smallest absolute Gasteiger partial charge is 0.161 e. The monoisotopic (exact) mass is 469 g/mol. The molecule has 35 heavy (non-hydrogen) atoms. The van der Waals surface area contributed by atoms with Gasteiger partial charge in [0.1, 0.15) is 18.1 Å². The molecule has 1 heterocycles. The van der Waals surface area contributed by atoms with Gasteiger partial charge in [0.2, 0.25) is 0 Å². The quantitative estimate of drug-likeness (QED) is 0.416. The van der Waals surface area contributed by atoms with Crippen LogP contribution in [0.1, 0.15) is 24.5 Å². The first-order chi connectivity index (χ1) is 17.1. The van der Waals surface area contributed by atoms with Crippen LogP contribution >= 0.6 is 0 Å². The fourth-order valence-corrected chi connectivity index (χ4v) is 5.14. The zero-order valence-corrected chi connectivity index (χ0v) is 20.7. The second kappa shape index (κ2) is 9.61. The van der Waals surface area contributed by atoms with Crippen molar-refractivity contribution in [1.82, 2.24) is 5.32 Å². The lowest BCUT2D eigenvalue weighted by atomic mass is 9.84. The lowest BCUT2D eigenvalue weighted by Crippen LogP contribution is -2.48. The lowest BCUT2D eigenvalue weighted by Gasteiger charge is -2.37. The van der Waals surface area contributed by atoms with Crippen molar-refractivity contribution in [3.63, 3.8) is 0 Å². The topological polar surface area (TPSA) is 49.0 Å². The summed E-state index contributed by atoms with van der Waals surface area (Å²) >= 11 is 0. The summed E-state index contributed by atoms with van der Waals surface area (Å²) in [5, 5.41) is 3.55. The van der Waals surface area contributed by atoms with E-state index < -0.39 is 5.72 Å². The van der Waals surface area contributed by atoms with E-state index in [4.69, 9.17) is 18.9 Å². The third kappa shape index (κ3) is 4.01.